The van der Waals surface area contributed by atoms with E-state index in [0.717, 1.165) is 24.3 Å². The largest absolute Gasteiger partial charge is 0.416 e. The van der Waals surface area contributed by atoms with Crippen molar-refractivity contribution in [2.75, 3.05) is 11.9 Å². The lowest BCUT2D eigenvalue weighted by Crippen LogP contribution is -2.16. The molecule has 10 heteroatoms. The van der Waals surface area contributed by atoms with Gasteiger partial charge in [0.2, 0.25) is 0 Å². The Labute approximate surface area is 213 Å². The zero-order valence-electron chi connectivity index (χ0n) is 19.9. The van der Waals surface area contributed by atoms with Crippen LogP contribution in [-0.2, 0) is 12.4 Å². The van der Waals surface area contributed by atoms with Gasteiger partial charge in [-0.3, -0.25) is 4.99 Å². The fourth-order valence-corrected chi connectivity index (χ4v) is 4.27. The summed E-state index contributed by atoms with van der Waals surface area (Å²) in [6.45, 7) is 2.17. The van der Waals surface area contributed by atoms with Crippen LogP contribution in [0.5, 0.6) is 0 Å². The number of halogens is 6. The van der Waals surface area contributed by atoms with Crippen molar-refractivity contribution in [1.29, 1.82) is 0 Å². The monoisotopic (exact) mass is 526 g/mol. The molecule has 0 saturated carbocycles. The van der Waals surface area contributed by atoms with E-state index in [1.165, 1.54) is 18.2 Å². The van der Waals surface area contributed by atoms with E-state index in [0.29, 0.717) is 40.0 Å². The van der Waals surface area contributed by atoms with Gasteiger partial charge in [0.05, 0.1) is 44.6 Å². The lowest BCUT2D eigenvalue weighted by Gasteiger charge is -2.21. The molecule has 194 valence electrons. The smallest absolute Gasteiger partial charge is 0.354 e. The number of rotatable bonds is 4. The highest BCUT2D eigenvalue weighted by atomic mass is 19.4. The third-order valence-electron chi connectivity index (χ3n) is 5.93. The molecule has 0 atom stereocenters. The fraction of sp³-hybridized carbons (Fsp3) is 0.143. The van der Waals surface area contributed by atoms with Crippen LogP contribution in [0.4, 0.5) is 37.7 Å². The molecule has 4 nitrogen and oxygen atoms in total. The number of fused-ring (bicyclic) bond motifs is 2. The van der Waals surface area contributed by atoms with E-state index in [4.69, 9.17) is 4.98 Å². The molecular formula is C28H20F6N4. The molecule has 2 aliphatic rings. The molecule has 0 saturated heterocycles. The predicted molar refractivity (Wildman–Crippen MR) is 134 cm³/mol. The van der Waals surface area contributed by atoms with Crippen molar-refractivity contribution in [3.8, 4) is 17.1 Å². The highest BCUT2D eigenvalue weighted by Gasteiger charge is 2.31. The van der Waals surface area contributed by atoms with E-state index in [9.17, 15) is 26.3 Å². The number of aromatic nitrogens is 2. The van der Waals surface area contributed by atoms with Crippen molar-refractivity contribution in [2.45, 2.75) is 19.3 Å². The van der Waals surface area contributed by atoms with Gasteiger partial charge in [-0.25, -0.2) is 4.98 Å². The molecule has 1 aliphatic heterocycles. The predicted octanol–water partition coefficient (Wildman–Crippen LogP) is 7.83. The van der Waals surface area contributed by atoms with Gasteiger partial charge in [-0.05, 0) is 67.6 Å². The average Bonchev–Trinajstić information content (AvgIpc) is 2.87. The maximum atomic E-state index is 13.5. The van der Waals surface area contributed by atoms with Gasteiger partial charge in [0.1, 0.15) is 0 Å². The minimum atomic E-state index is -4.53. The zero-order valence-corrected chi connectivity index (χ0v) is 19.9. The van der Waals surface area contributed by atoms with Crippen LogP contribution in [0.25, 0.3) is 28.1 Å². The lowest BCUT2D eigenvalue weighted by molar-refractivity contribution is -0.138. The first-order valence-corrected chi connectivity index (χ1v) is 11.6. The van der Waals surface area contributed by atoms with Crippen molar-refractivity contribution in [1.82, 2.24) is 9.55 Å². The summed E-state index contributed by atoms with van der Waals surface area (Å²) in [5.74, 6) is 0. The van der Waals surface area contributed by atoms with Gasteiger partial charge in [0, 0.05) is 17.9 Å². The number of alkyl halides is 6. The summed E-state index contributed by atoms with van der Waals surface area (Å²) < 4.78 is 82.0. The molecule has 38 heavy (non-hydrogen) atoms. The minimum absolute atomic E-state index is 0.207. The second-order valence-electron chi connectivity index (χ2n) is 8.52. The molecule has 0 spiro atoms. The molecule has 3 aromatic carbocycles. The van der Waals surface area contributed by atoms with Crippen molar-refractivity contribution in [3.63, 3.8) is 0 Å². The Balaban J connectivity index is 1.75. The summed E-state index contributed by atoms with van der Waals surface area (Å²) in [7, 11) is 0. The molecule has 5 rings (SSSR count). The number of anilines is 2. The van der Waals surface area contributed by atoms with E-state index in [2.05, 4.69) is 10.3 Å². The van der Waals surface area contributed by atoms with Crippen LogP contribution in [0.3, 0.4) is 0 Å². The zero-order chi connectivity index (χ0) is 27.1. The number of nitrogens with one attached hydrogen (secondary N) is 1. The Hall–Kier alpha value is -4.34. The van der Waals surface area contributed by atoms with Gasteiger partial charge in [-0.1, -0.05) is 24.3 Å². The van der Waals surface area contributed by atoms with Gasteiger partial charge in [-0.2, -0.15) is 26.3 Å². The SMILES string of the molecule is CCN=c1cc2n(-c3cccc(C(F)(F)F)c3)c3ccccc3nc-2cc1Nc1cccc(C(F)(F)F)c1. The third-order valence-corrected chi connectivity index (χ3v) is 5.93. The first kappa shape index (κ1) is 25.3. The quantitative estimate of drug-likeness (QED) is 0.192. The standard InChI is InChI=1S/C28H20F6N4/c1-2-35-22-16-26-24(15-23(22)36-19-9-5-7-17(13-19)27(29,30)31)37-21-11-3-4-12-25(21)38(26)20-10-6-8-18(14-20)28(32,33)34/h3-16,36H,2H2,1H3. The summed E-state index contributed by atoms with van der Waals surface area (Å²) in [6.07, 6.45) is -9.03. The lowest BCUT2D eigenvalue weighted by atomic mass is 10.1. The number of nitrogens with zero attached hydrogens (tertiary/aromatic N) is 3. The fourth-order valence-electron chi connectivity index (χ4n) is 4.27. The highest BCUT2D eigenvalue weighted by Crippen LogP contribution is 2.35. The van der Waals surface area contributed by atoms with Crippen LogP contribution in [-0.4, -0.2) is 16.1 Å². The molecule has 0 amide bonds. The molecule has 0 fully saturated rings. The highest BCUT2D eigenvalue weighted by molar-refractivity contribution is 5.84. The Morgan fingerprint density at radius 2 is 1.47 bits per heavy atom. The van der Waals surface area contributed by atoms with Gasteiger partial charge < -0.3 is 9.88 Å². The van der Waals surface area contributed by atoms with E-state index >= 15 is 0 Å². The van der Waals surface area contributed by atoms with Crippen LogP contribution in [0.2, 0.25) is 0 Å². The number of hydrogen-bond donors (Lipinski definition) is 1. The molecule has 0 aromatic heterocycles. The third kappa shape index (κ3) is 4.93. The van der Waals surface area contributed by atoms with E-state index in [1.54, 1.807) is 54.0 Å². The second-order valence-corrected chi connectivity index (χ2v) is 8.52. The molecular weight excluding hydrogens is 506 g/mol. The van der Waals surface area contributed by atoms with Crippen molar-refractivity contribution in [2.24, 2.45) is 4.99 Å². The molecule has 0 unspecified atom stereocenters. The van der Waals surface area contributed by atoms with Crippen molar-refractivity contribution < 1.29 is 26.3 Å². The summed E-state index contributed by atoms with van der Waals surface area (Å²) in [5, 5.41) is 3.43. The van der Waals surface area contributed by atoms with Crippen LogP contribution in [0.1, 0.15) is 18.1 Å². The normalized spacial score (nSPS) is 12.9. The molecule has 1 aliphatic carbocycles. The van der Waals surface area contributed by atoms with E-state index in [-0.39, 0.29) is 11.4 Å². The molecule has 0 bridgehead atoms. The first-order chi connectivity index (χ1) is 18.0. The Morgan fingerprint density at radius 1 is 0.789 bits per heavy atom. The summed E-state index contributed by atoms with van der Waals surface area (Å²) in [6, 6.07) is 20.1. The number of para-hydroxylation sites is 2. The maximum absolute atomic E-state index is 13.5. The van der Waals surface area contributed by atoms with Crippen LogP contribution in [0.15, 0.2) is 89.9 Å². The Bertz CT molecular complexity index is 1670. The van der Waals surface area contributed by atoms with Crippen LogP contribution < -0.4 is 10.7 Å². The van der Waals surface area contributed by atoms with Gasteiger partial charge >= 0.3 is 12.4 Å². The Morgan fingerprint density at radius 3 is 2.18 bits per heavy atom. The van der Waals surface area contributed by atoms with Gasteiger partial charge in [0.15, 0.2) is 0 Å². The molecule has 3 aromatic rings. The summed E-state index contributed by atoms with van der Waals surface area (Å²) >= 11 is 0. The summed E-state index contributed by atoms with van der Waals surface area (Å²) in [4.78, 5) is 9.18. The van der Waals surface area contributed by atoms with Crippen LogP contribution in [0, 0.1) is 0 Å². The molecule has 0 radical (unpaired) electrons. The number of benzene rings is 4. The molecule has 1 N–H and O–H groups in total. The van der Waals surface area contributed by atoms with Gasteiger partial charge in [-0.15, -0.1) is 0 Å². The van der Waals surface area contributed by atoms with Crippen molar-refractivity contribution in [3.05, 3.63) is 101 Å². The average molecular weight is 526 g/mol. The van der Waals surface area contributed by atoms with E-state index < -0.39 is 23.5 Å². The summed E-state index contributed by atoms with van der Waals surface area (Å²) in [5.41, 5.74) is 1.33. The molecule has 1 heterocycles. The maximum Gasteiger partial charge on any atom is 0.416 e. The minimum Gasteiger partial charge on any atom is -0.354 e. The van der Waals surface area contributed by atoms with E-state index in [1.807, 2.05) is 0 Å². The second kappa shape index (κ2) is 9.51. The topological polar surface area (TPSA) is 42.2 Å². The Kier molecular flexibility index (Phi) is 6.34. The van der Waals surface area contributed by atoms with Gasteiger partial charge in [0.25, 0.3) is 0 Å². The first-order valence-electron chi connectivity index (χ1n) is 11.6. The number of hydrogen-bond acceptors (Lipinski definition) is 3. The van der Waals surface area contributed by atoms with Crippen LogP contribution >= 0.6 is 0 Å². The van der Waals surface area contributed by atoms with Crippen molar-refractivity contribution >= 4 is 22.4 Å².